The van der Waals surface area contributed by atoms with E-state index in [0.29, 0.717) is 6.42 Å². The van der Waals surface area contributed by atoms with Crippen LogP contribution in [-0.2, 0) is 16.0 Å². The van der Waals surface area contributed by atoms with Gasteiger partial charge in [0, 0.05) is 18.8 Å². The molecule has 18 heavy (non-hydrogen) atoms. The van der Waals surface area contributed by atoms with Crippen LogP contribution in [0.5, 0.6) is 0 Å². The van der Waals surface area contributed by atoms with Crippen LogP contribution < -0.4 is 4.90 Å². The van der Waals surface area contributed by atoms with Gasteiger partial charge in [-0.3, -0.25) is 4.79 Å². The van der Waals surface area contributed by atoms with Gasteiger partial charge in [0.1, 0.15) is 0 Å². The minimum atomic E-state index is -0.173. The summed E-state index contributed by atoms with van der Waals surface area (Å²) in [6.07, 6.45) is 2.82. The fourth-order valence-electron chi connectivity index (χ4n) is 2.45. The fourth-order valence-corrected chi connectivity index (χ4v) is 2.45. The molecule has 3 heteroatoms. The zero-order valence-electron chi connectivity index (χ0n) is 11.2. The second-order valence-electron chi connectivity index (χ2n) is 5.05. The second kappa shape index (κ2) is 5.89. The Kier molecular flexibility index (Phi) is 4.24. The molecule has 0 aliphatic carbocycles. The molecule has 0 radical (unpaired) electrons. The van der Waals surface area contributed by atoms with Crippen molar-refractivity contribution in [2.24, 2.45) is 5.92 Å². The lowest BCUT2D eigenvalue weighted by atomic mass is 9.97. The number of para-hydroxylation sites is 1. The van der Waals surface area contributed by atoms with Crippen molar-refractivity contribution in [3.05, 3.63) is 29.8 Å². The summed E-state index contributed by atoms with van der Waals surface area (Å²) in [6.45, 7) is 4.47. The van der Waals surface area contributed by atoms with Gasteiger partial charge in [-0.05, 0) is 30.4 Å². The fraction of sp³-hybridized carbons (Fsp3) is 0.533. The number of methoxy groups -OCH3 is 1. The molecule has 98 valence electrons. The van der Waals surface area contributed by atoms with E-state index < -0.39 is 0 Å². The van der Waals surface area contributed by atoms with Crippen LogP contribution in [0, 0.1) is 5.92 Å². The summed E-state index contributed by atoms with van der Waals surface area (Å²) < 4.78 is 4.76. The third kappa shape index (κ3) is 3.03. The van der Waals surface area contributed by atoms with E-state index in [1.54, 1.807) is 0 Å². The monoisotopic (exact) mass is 247 g/mol. The number of anilines is 1. The predicted molar refractivity (Wildman–Crippen MR) is 72.8 cm³/mol. The van der Waals surface area contributed by atoms with E-state index in [1.165, 1.54) is 25.6 Å². The average Bonchev–Trinajstić information content (AvgIpc) is 2.40. The topological polar surface area (TPSA) is 29.5 Å². The SMILES string of the molecule is COC(=O)Cc1ccccc1N1CCC(C)CC1. The summed E-state index contributed by atoms with van der Waals surface area (Å²) >= 11 is 0. The highest BCUT2D eigenvalue weighted by molar-refractivity contribution is 5.75. The third-order valence-electron chi connectivity index (χ3n) is 3.68. The highest BCUT2D eigenvalue weighted by Crippen LogP contribution is 2.26. The van der Waals surface area contributed by atoms with Gasteiger partial charge in [0.05, 0.1) is 13.5 Å². The van der Waals surface area contributed by atoms with Crippen molar-refractivity contribution in [1.82, 2.24) is 0 Å². The van der Waals surface area contributed by atoms with E-state index in [4.69, 9.17) is 4.74 Å². The maximum Gasteiger partial charge on any atom is 0.310 e. The molecule has 1 heterocycles. The molecule has 1 aliphatic rings. The third-order valence-corrected chi connectivity index (χ3v) is 3.68. The van der Waals surface area contributed by atoms with Crippen LogP contribution in [0.2, 0.25) is 0 Å². The van der Waals surface area contributed by atoms with Crippen molar-refractivity contribution >= 4 is 11.7 Å². The van der Waals surface area contributed by atoms with Crippen molar-refractivity contribution in [1.29, 1.82) is 0 Å². The number of nitrogens with zero attached hydrogens (tertiary/aromatic N) is 1. The van der Waals surface area contributed by atoms with E-state index in [-0.39, 0.29) is 5.97 Å². The molecule has 1 aromatic rings. The van der Waals surface area contributed by atoms with E-state index in [1.807, 2.05) is 18.2 Å². The summed E-state index contributed by atoms with van der Waals surface area (Å²) in [6, 6.07) is 8.14. The smallest absolute Gasteiger partial charge is 0.310 e. The standard InChI is InChI=1S/C15H21NO2/c1-12-7-9-16(10-8-12)14-6-4-3-5-13(14)11-15(17)18-2/h3-6,12H,7-11H2,1-2H3. The molecule has 0 bridgehead atoms. The molecular formula is C15H21NO2. The molecule has 0 atom stereocenters. The number of hydrogen-bond acceptors (Lipinski definition) is 3. The Labute approximate surface area is 109 Å². The van der Waals surface area contributed by atoms with E-state index >= 15 is 0 Å². The van der Waals surface area contributed by atoms with Gasteiger partial charge in [0.25, 0.3) is 0 Å². The molecule has 1 aromatic carbocycles. The van der Waals surface area contributed by atoms with Gasteiger partial charge in [-0.25, -0.2) is 0 Å². The average molecular weight is 247 g/mol. The normalized spacial score (nSPS) is 16.7. The van der Waals surface area contributed by atoms with Gasteiger partial charge in [-0.2, -0.15) is 0 Å². The number of hydrogen-bond donors (Lipinski definition) is 0. The number of ether oxygens (including phenoxy) is 1. The summed E-state index contributed by atoms with van der Waals surface area (Å²) in [7, 11) is 1.44. The largest absolute Gasteiger partial charge is 0.469 e. The number of esters is 1. The minimum Gasteiger partial charge on any atom is -0.469 e. The summed E-state index contributed by atoms with van der Waals surface area (Å²) in [4.78, 5) is 13.8. The van der Waals surface area contributed by atoms with Crippen LogP contribution in [-0.4, -0.2) is 26.2 Å². The van der Waals surface area contributed by atoms with E-state index in [2.05, 4.69) is 17.9 Å². The predicted octanol–water partition coefficient (Wildman–Crippen LogP) is 2.64. The Balaban J connectivity index is 2.14. The van der Waals surface area contributed by atoms with Crippen LogP contribution in [0.15, 0.2) is 24.3 Å². The van der Waals surface area contributed by atoms with Gasteiger partial charge >= 0.3 is 5.97 Å². The number of rotatable bonds is 3. The van der Waals surface area contributed by atoms with Crippen molar-refractivity contribution in [3.8, 4) is 0 Å². The molecule has 0 aromatic heterocycles. The van der Waals surface area contributed by atoms with Crippen LogP contribution in [0.25, 0.3) is 0 Å². The Hall–Kier alpha value is -1.51. The quantitative estimate of drug-likeness (QED) is 0.769. The Morgan fingerprint density at radius 2 is 2.00 bits per heavy atom. The Morgan fingerprint density at radius 3 is 2.67 bits per heavy atom. The first kappa shape index (κ1) is 12.9. The van der Waals surface area contributed by atoms with Crippen LogP contribution >= 0.6 is 0 Å². The number of piperidine rings is 1. The van der Waals surface area contributed by atoms with Gasteiger partial charge in [-0.1, -0.05) is 25.1 Å². The second-order valence-corrected chi connectivity index (χ2v) is 5.05. The molecule has 0 N–H and O–H groups in total. The molecule has 2 rings (SSSR count). The van der Waals surface area contributed by atoms with E-state index in [9.17, 15) is 4.79 Å². The van der Waals surface area contributed by atoms with Gasteiger partial charge in [-0.15, -0.1) is 0 Å². The van der Waals surface area contributed by atoms with Crippen LogP contribution in [0.3, 0.4) is 0 Å². The van der Waals surface area contributed by atoms with Crippen molar-refractivity contribution in [3.63, 3.8) is 0 Å². The lowest BCUT2D eigenvalue weighted by Crippen LogP contribution is -2.33. The lowest BCUT2D eigenvalue weighted by Gasteiger charge is -2.33. The Bertz CT molecular complexity index is 409. The number of carbonyl (C=O) groups is 1. The van der Waals surface area contributed by atoms with Crippen molar-refractivity contribution in [2.45, 2.75) is 26.2 Å². The molecule has 0 unspecified atom stereocenters. The maximum atomic E-state index is 11.4. The molecule has 1 fully saturated rings. The summed E-state index contributed by atoms with van der Waals surface area (Å²) in [5, 5.41) is 0. The van der Waals surface area contributed by atoms with Gasteiger partial charge in [0.2, 0.25) is 0 Å². The zero-order chi connectivity index (χ0) is 13.0. The first-order valence-electron chi connectivity index (χ1n) is 6.60. The van der Waals surface area contributed by atoms with Crippen molar-refractivity contribution in [2.75, 3.05) is 25.1 Å². The lowest BCUT2D eigenvalue weighted by molar-refractivity contribution is -0.139. The first-order valence-corrected chi connectivity index (χ1v) is 6.60. The molecule has 3 nitrogen and oxygen atoms in total. The summed E-state index contributed by atoms with van der Waals surface area (Å²) in [5.74, 6) is 0.641. The molecule has 0 spiro atoms. The maximum absolute atomic E-state index is 11.4. The summed E-state index contributed by atoms with van der Waals surface area (Å²) in [5.41, 5.74) is 2.26. The van der Waals surface area contributed by atoms with E-state index in [0.717, 1.165) is 24.6 Å². The van der Waals surface area contributed by atoms with Crippen LogP contribution in [0.4, 0.5) is 5.69 Å². The van der Waals surface area contributed by atoms with Crippen LogP contribution in [0.1, 0.15) is 25.3 Å². The first-order chi connectivity index (χ1) is 8.70. The minimum absolute atomic E-state index is 0.173. The molecule has 0 saturated carbocycles. The number of carbonyl (C=O) groups excluding carboxylic acids is 1. The molecule has 1 aliphatic heterocycles. The van der Waals surface area contributed by atoms with Gasteiger partial charge in [0.15, 0.2) is 0 Å². The highest BCUT2D eigenvalue weighted by atomic mass is 16.5. The highest BCUT2D eigenvalue weighted by Gasteiger charge is 2.18. The number of benzene rings is 1. The molecule has 0 amide bonds. The zero-order valence-corrected chi connectivity index (χ0v) is 11.2. The molecular weight excluding hydrogens is 226 g/mol. The van der Waals surface area contributed by atoms with Crippen molar-refractivity contribution < 1.29 is 9.53 Å². The van der Waals surface area contributed by atoms with Gasteiger partial charge < -0.3 is 9.64 Å². The Morgan fingerprint density at radius 1 is 1.33 bits per heavy atom. The molecule has 1 saturated heterocycles.